The quantitative estimate of drug-likeness (QED) is 0.383. The van der Waals surface area contributed by atoms with Gasteiger partial charge in [0.05, 0.1) is 17.7 Å². The van der Waals surface area contributed by atoms with E-state index in [0.717, 1.165) is 25.7 Å². The van der Waals surface area contributed by atoms with Gasteiger partial charge in [-0.05, 0) is 68.4 Å². The summed E-state index contributed by atoms with van der Waals surface area (Å²) in [6.45, 7) is 8.10. The highest BCUT2D eigenvalue weighted by molar-refractivity contribution is 6.47. The van der Waals surface area contributed by atoms with Crippen LogP contribution in [-0.4, -0.2) is 43.9 Å². The zero-order chi connectivity index (χ0) is 22.9. The molecule has 6 atom stereocenters. The lowest BCUT2D eigenvalue weighted by Crippen LogP contribution is -2.65. The average molecular weight is 441 g/mol. The van der Waals surface area contributed by atoms with Crippen LogP contribution in [0.5, 0.6) is 0 Å². The molecule has 4 aliphatic rings. The van der Waals surface area contributed by atoms with Crippen molar-refractivity contribution in [3.63, 3.8) is 0 Å². The molecule has 4 fully saturated rings. The predicted octanol–water partition coefficient (Wildman–Crippen LogP) is 2.90. The second kappa shape index (κ2) is 9.45. The van der Waals surface area contributed by atoms with E-state index in [1.165, 1.54) is 12.0 Å². The number of rotatable bonds is 10. The third-order valence-corrected chi connectivity index (χ3v) is 8.54. The Morgan fingerprint density at radius 2 is 1.97 bits per heavy atom. The van der Waals surface area contributed by atoms with Gasteiger partial charge in [0.2, 0.25) is 5.91 Å². The van der Waals surface area contributed by atoms with E-state index in [1.807, 2.05) is 18.2 Å². The second-order valence-electron chi connectivity index (χ2n) is 10.9. The number of amides is 1. The molecule has 1 heterocycles. The molecule has 7 heteroatoms. The van der Waals surface area contributed by atoms with Gasteiger partial charge in [-0.25, -0.2) is 0 Å². The Morgan fingerprint density at radius 3 is 2.66 bits per heavy atom. The first-order valence-corrected chi connectivity index (χ1v) is 12.4. The molecule has 5 N–H and O–H groups in total. The molecule has 1 saturated heterocycles. The Bertz CT molecular complexity index is 792. The Hall–Kier alpha value is -1.41. The molecule has 176 valence electrons. The largest absolute Gasteiger partial charge is 0.463 e. The van der Waals surface area contributed by atoms with Gasteiger partial charge in [-0.2, -0.15) is 0 Å². The summed E-state index contributed by atoms with van der Waals surface area (Å²) in [6, 6.07) is 9.86. The summed E-state index contributed by atoms with van der Waals surface area (Å²) in [7, 11) is -0.325. The van der Waals surface area contributed by atoms with Crippen molar-refractivity contribution >= 4 is 13.0 Å². The van der Waals surface area contributed by atoms with Crippen LogP contribution >= 0.6 is 0 Å². The fourth-order valence-electron chi connectivity index (χ4n) is 6.29. The van der Waals surface area contributed by atoms with Crippen molar-refractivity contribution in [1.29, 1.82) is 0 Å². The average Bonchev–Trinajstić information content (AvgIpc) is 3.14. The van der Waals surface area contributed by atoms with Gasteiger partial charge in [0.25, 0.3) is 0 Å². The number of carbonyl (C=O) groups is 1. The minimum Gasteiger partial charge on any atom is -0.405 e. The highest BCUT2D eigenvalue weighted by atomic mass is 16.7. The number of unbranched alkanes of at least 4 members (excludes halogenated alkanes) is 1. The van der Waals surface area contributed by atoms with Crippen LogP contribution in [0.3, 0.4) is 0 Å². The van der Waals surface area contributed by atoms with E-state index in [0.29, 0.717) is 36.8 Å². The molecule has 32 heavy (non-hydrogen) atoms. The van der Waals surface area contributed by atoms with Crippen LogP contribution in [0.2, 0.25) is 5.82 Å². The maximum atomic E-state index is 12.6. The van der Waals surface area contributed by atoms with Crippen molar-refractivity contribution in [3.05, 3.63) is 35.9 Å². The number of nitrogens with two attached hydrogens (primary N) is 2. The van der Waals surface area contributed by atoms with E-state index < -0.39 is 6.04 Å². The molecule has 1 aliphatic heterocycles. The first-order chi connectivity index (χ1) is 15.3. The van der Waals surface area contributed by atoms with Crippen LogP contribution in [0, 0.1) is 17.3 Å². The summed E-state index contributed by atoms with van der Waals surface area (Å²) >= 11 is 0. The molecule has 0 spiro atoms. The number of carbonyl (C=O) groups excluding carboxylic acids is 1. The minimum absolute atomic E-state index is 0.0281. The Balaban J connectivity index is 1.43. The predicted molar refractivity (Wildman–Crippen MR) is 128 cm³/mol. The van der Waals surface area contributed by atoms with E-state index in [2.05, 4.69) is 38.2 Å². The van der Waals surface area contributed by atoms with Crippen LogP contribution in [0.15, 0.2) is 30.3 Å². The summed E-state index contributed by atoms with van der Waals surface area (Å²) in [5.74, 6) is 1.16. The lowest BCUT2D eigenvalue weighted by atomic mass is 9.43. The van der Waals surface area contributed by atoms with Gasteiger partial charge in [0.1, 0.15) is 0 Å². The molecule has 1 aromatic carbocycles. The van der Waals surface area contributed by atoms with E-state index in [-0.39, 0.29) is 30.5 Å². The number of nitrogens with one attached hydrogen (secondary N) is 1. The molecule has 6 nitrogen and oxygen atoms in total. The van der Waals surface area contributed by atoms with Crippen molar-refractivity contribution in [1.82, 2.24) is 5.32 Å². The van der Waals surface area contributed by atoms with Crippen molar-refractivity contribution in [3.8, 4) is 0 Å². The van der Waals surface area contributed by atoms with Crippen LogP contribution < -0.4 is 16.8 Å². The van der Waals surface area contributed by atoms with E-state index in [1.54, 1.807) is 0 Å². The summed E-state index contributed by atoms with van der Waals surface area (Å²) < 4.78 is 13.3. The van der Waals surface area contributed by atoms with Crippen LogP contribution in [0.1, 0.15) is 58.4 Å². The molecule has 1 aromatic rings. The van der Waals surface area contributed by atoms with Gasteiger partial charge in [-0.3, -0.25) is 4.79 Å². The minimum atomic E-state index is -0.502. The zero-order valence-electron chi connectivity index (χ0n) is 19.9. The molecule has 2 bridgehead atoms. The van der Waals surface area contributed by atoms with E-state index >= 15 is 0 Å². The molecular weight excluding hydrogens is 401 g/mol. The fraction of sp³-hybridized carbons (Fsp3) is 0.720. The van der Waals surface area contributed by atoms with Crippen molar-refractivity contribution in [2.45, 2.75) is 82.9 Å². The maximum Gasteiger partial charge on any atom is 0.463 e. The van der Waals surface area contributed by atoms with Gasteiger partial charge in [-0.1, -0.05) is 50.6 Å². The molecule has 1 unspecified atom stereocenters. The second-order valence-corrected chi connectivity index (χ2v) is 10.9. The van der Waals surface area contributed by atoms with Crippen LogP contribution in [-0.2, 0) is 20.5 Å². The third-order valence-electron chi connectivity index (χ3n) is 8.54. The number of hydrogen-bond acceptors (Lipinski definition) is 5. The van der Waals surface area contributed by atoms with Gasteiger partial charge in [0, 0.05) is 12.4 Å². The Kier molecular flexibility index (Phi) is 7.01. The lowest BCUT2D eigenvalue weighted by molar-refractivity contribution is -0.199. The molecule has 0 radical (unpaired) electrons. The standard InChI is InChI=1S/C25H40BN3O3/c1-24(2)18-14-21(24)25(3)22(15-18)31-26(32-25)19(13-17-9-5-4-6-10-17)16-29-23(30)20(28)11-7-8-12-27/h4-6,9-10,18-22H,7-8,11-16,27-28H2,1-3H3,(H,29,30)/t18-,19?,20-,21-,22+,25-/m0/s1. The monoisotopic (exact) mass is 441 g/mol. The van der Waals surface area contributed by atoms with E-state index in [9.17, 15) is 4.79 Å². The van der Waals surface area contributed by atoms with Crippen LogP contribution in [0.25, 0.3) is 0 Å². The number of hydrogen-bond donors (Lipinski definition) is 3. The molecule has 1 amide bonds. The summed E-state index contributed by atoms with van der Waals surface area (Å²) in [5, 5.41) is 3.08. The summed E-state index contributed by atoms with van der Waals surface area (Å²) in [6.07, 6.45) is 5.62. The van der Waals surface area contributed by atoms with E-state index in [4.69, 9.17) is 20.8 Å². The molecule has 5 rings (SSSR count). The molecule has 3 saturated carbocycles. The fourth-order valence-corrected chi connectivity index (χ4v) is 6.29. The van der Waals surface area contributed by atoms with Gasteiger partial charge in [-0.15, -0.1) is 0 Å². The van der Waals surface area contributed by atoms with Crippen molar-refractivity contribution in [2.24, 2.45) is 28.7 Å². The smallest absolute Gasteiger partial charge is 0.405 e. The zero-order valence-corrected chi connectivity index (χ0v) is 19.9. The van der Waals surface area contributed by atoms with Gasteiger partial charge < -0.3 is 26.1 Å². The van der Waals surface area contributed by atoms with Crippen molar-refractivity contribution < 1.29 is 14.1 Å². The molecular formula is C25H40BN3O3. The normalized spacial score (nSPS) is 32.0. The SMILES string of the molecule is CC1(C)[C@@H]2C[C@H]3OB(C(CNC(=O)[C@@H](N)CCCCN)Cc4ccccc4)O[C@@]3(C)[C@H]1C2. The van der Waals surface area contributed by atoms with Crippen LogP contribution in [0.4, 0.5) is 0 Å². The summed E-state index contributed by atoms with van der Waals surface area (Å²) in [5.41, 5.74) is 12.9. The third kappa shape index (κ3) is 4.50. The topological polar surface area (TPSA) is 99.6 Å². The summed E-state index contributed by atoms with van der Waals surface area (Å²) in [4.78, 5) is 12.6. The molecule has 0 aromatic heterocycles. The first-order valence-electron chi connectivity index (χ1n) is 12.4. The van der Waals surface area contributed by atoms with Crippen molar-refractivity contribution in [2.75, 3.05) is 13.1 Å². The Morgan fingerprint density at radius 1 is 1.22 bits per heavy atom. The maximum absolute atomic E-state index is 12.6. The van der Waals surface area contributed by atoms with Gasteiger partial charge >= 0.3 is 7.12 Å². The highest BCUT2D eigenvalue weighted by Crippen LogP contribution is 2.66. The first kappa shape index (κ1) is 23.7. The molecule has 3 aliphatic carbocycles. The highest BCUT2D eigenvalue weighted by Gasteiger charge is 2.68. The lowest BCUT2D eigenvalue weighted by Gasteiger charge is -2.64. The Labute approximate surface area is 193 Å². The van der Waals surface area contributed by atoms with Gasteiger partial charge in [0.15, 0.2) is 0 Å². The number of benzene rings is 1.